The Kier molecular flexibility index (Phi) is 5.80. The highest BCUT2D eigenvalue weighted by Crippen LogP contribution is 2.30. The molecule has 1 aliphatic rings. The highest BCUT2D eigenvalue weighted by atomic mass is 19.1. The van der Waals surface area contributed by atoms with Gasteiger partial charge < -0.3 is 21.1 Å². The summed E-state index contributed by atoms with van der Waals surface area (Å²) in [6.45, 7) is 2.43. The topological polar surface area (TPSA) is 118 Å². The summed E-state index contributed by atoms with van der Waals surface area (Å²) in [5.74, 6) is 0.349. The van der Waals surface area contributed by atoms with Crippen molar-refractivity contribution in [3.63, 3.8) is 0 Å². The van der Waals surface area contributed by atoms with E-state index in [4.69, 9.17) is 10.5 Å². The van der Waals surface area contributed by atoms with E-state index >= 15 is 4.39 Å². The summed E-state index contributed by atoms with van der Waals surface area (Å²) < 4.78 is 20.7. The van der Waals surface area contributed by atoms with Gasteiger partial charge in [-0.05, 0) is 31.9 Å². The number of aromatic amines is 1. The number of halogens is 1. The number of rotatable bonds is 6. The number of nitrogens with zero attached hydrogens (tertiary/aromatic N) is 2. The van der Waals surface area contributed by atoms with Gasteiger partial charge in [0.25, 0.3) is 5.56 Å². The minimum Gasteiger partial charge on any atom is -0.494 e. The van der Waals surface area contributed by atoms with Crippen molar-refractivity contribution in [1.29, 1.82) is 0 Å². The third kappa shape index (κ3) is 4.06. The number of benzene rings is 1. The number of aromatic nitrogens is 3. The maximum Gasteiger partial charge on any atom is 0.275 e. The molecule has 5 N–H and O–H groups in total. The van der Waals surface area contributed by atoms with Crippen LogP contribution in [-0.4, -0.2) is 33.9 Å². The van der Waals surface area contributed by atoms with Gasteiger partial charge in [0.1, 0.15) is 11.6 Å². The Balaban J connectivity index is 1.76. The summed E-state index contributed by atoms with van der Waals surface area (Å²) in [7, 11) is 0. The van der Waals surface area contributed by atoms with E-state index in [9.17, 15) is 4.79 Å². The van der Waals surface area contributed by atoms with Crippen LogP contribution in [0.5, 0.6) is 5.75 Å². The lowest BCUT2D eigenvalue weighted by Gasteiger charge is -2.30. The fourth-order valence-electron chi connectivity index (χ4n) is 3.81. The molecule has 4 rings (SSSR count). The van der Waals surface area contributed by atoms with E-state index in [1.807, 2.05) is 25.1 Å². The quantitative estimate of drug-likeness (QED) is 0.491. The van der Waals surface area contributed by atoms with Crippen molar-refractivity contribution in [1.82, 2.24) is 15.2 Å². The van der Waals surface area contributed by atoms with Crippen molar-refractivity contribution in [2.75, 3.05) is 17.2 Å². The van der Waals surface area contributed by atoms with E-state index in [1.165, 1.54) is 6.20 Å². The second-order valence-corrected chi connectivity index (χ2v) is 7.40. The smallest absolute Gasteiger partial charge is 0.275 e. The predicted octanol–water partition coefficient (Wildman–Crippen LogP) is 3.28. The van der Waals surface area contributed by atoms with Crippen LogP contribution in [0.4, 0.5) is 21.7 Å². The zero-order valence-electron chi connectivity index (χ0n) is 16.7. The standard InChI is InChI=1S/C21H25FN6O2/c1-2-30-13-7-5-6-12(10-13)25-19-17-14(11-24-28-21(17)29)18(22)20(27-19)26-16-9-4-3-8-15(16)23/h5-7,10-11,15-16H,2-4,8-9,23H2,1H3,(H,28,29)(H2,25,26,27). The van der Waals surface area contributed by atoms with Gasteiger partial charge in [0.15, 0.2) is 11.6 Å². The summed E-state index contributed by atoms with van der Waals surface area (Å²) in [5.41, 5.74) is 6.35. The first-order valence-electron chi connectivity index (χ1n) is 10.2. The molecule has 2 heterocycles. The van der Waals surface area contributed by atoms with E-state index < -0.39 is 11.4 Å². The van der Waals surface area contributed by atoms with Crippen LogP contribution in [0.15, 0.2) is 35.3 Å². The molecule has 0 bridgehead atoms. The van der Waals surface area contributed by atoms with Gasteiger partial charge in [0.05, 0.1) is 23.6 Å². The molecule has 1 aromatic carbocycles. The third-order valence-corrected chi connectivity index (χ3v) is 5.31. The Bertz CT molecular complexity index is 1100. The lowest BCUT2D eigenvalue weighted by Crippen LogP contribution is -2.43. The van der Waals surface area contributed by atoms with E-state index in [2.05, 4.69) is 25.8 Å². The fourth-order valence-corrected chi connectivity index (χ4v) is 3.81. The van der Waals surface area contributed by atoms with E-state index in [0.717, 1.165) is 25.7 Å². The Morgan fingerprint density at radius 2 is 2.13 bits per heavy atom. The molecule has 0 amide bonds. The molecule has 1 aliphatic carbocycles. The van der Waals surface area contributed by atoms with Gasteiger partial charge in [-0.3, -0.25) is 4.79 Å². The van der Waals surface area contributed by atoms with Crippen molar-refractivity contribution in [2.45, 2.75) is 44.7 Å². The first-order chi connectivity index (χ1) is 14.6. The zero-order valence-corrected chi connectivity index (χ0v) is 16.7. The number of nitrogens with one attached hydrogen (secondary N) is 3. The molecule has 1 fully saturated rings. The van der Waals surface area contributed by atoms with E-state index in [-0.39, 0.29) is 34.5 Å². The normalized spacial score (nSPS) is 18.9. The molecule has 9 heteroatoms. The minimum absolute atomic E-state index is 0.0562. The molecule has 0 radical (unpaired) electrons. The van der Waals surface area contributed by atoms with Crippen LogP contribution in [0.1, 0.15) is 32.6 Å². The van der Waals surface area contributed by atoms with Gasteiger partial charge in [-0.25, -0.2) is 14.5 Å². The van der Waals surface area contributed by atoms with Crippen LogP contribution in [0.2, 0.25) is 0 Å². The monoisotopic (exact) mass is 412 g/mol. The van der Waals surface area contributed by atoms with Crippen molar-refractivity contribution >= 4 is 28.1 Å². The van der Waals surface area contributed by atoms with E-state index in [0.29, 0.717) is 18.0 Å². The molecule has 30 heavy (non-hydrogen) atoms. The molecule has 0 saturated heterocycles. The number of nitrogens with two attached hydrogens (primary N) is 1. The number of hydrogen-bond acceptors (Lipinski definition) is 7. The van der Waals surface area contributed by atoms with Crippen LogP contribution in [0, 0.1) is 5.82 Å². The maximum absolute atomic E-state index is 15.2. The lowest BCUT2D eigenvalue weighted by molar-refractivity contribution is 0.340. The second-order valence-electron chi connectivity index (χ2n) is 7.40. The van der Waals surface area contributed by atoms with Crippen LogP contribution >= 0.6 is 0 Å². The molecule has 8 nitrogen and oxygen atoms in total. The van der Waals surface area contributed by atoms with Crippen molar-refractivity contribution < 1.29 is 9.13 Å². The number of fused-ring (bicyclic) bond motifs is 1. The van der Waals surface area contributed by atoms with Gasteiger partial charge in [-0.15, -0.1) is 0 Å². The SMILES string of the molecule is CCOc1cccc(Nc2nc(NC3CCCCC3N)c(F)c3cn[nH]c(=O)c23)c1. The van der Waals surface area contributed by atoms with Gasteiger partial charge in [-0.2, -0.15) is 5.10 Å². The first kappa shape index (κ1) is 20.1. The fraction of sp³-hybridized carbons (Fsp3) is 0.381. The maximum atomic E-state index is 15.2. The summed E-state index contributed by atoms with van der Waals surface area (Å²) in [4.78, 5) is 16.9. The molecule has 2 atom stereocenters. The third-order valence-electron chi connectivity index (χ3n) is 5.31. The van der Waals surface area contributed by atoms with Crippen molar-refractivity contribution in [3.05, 3.63) is 46.6 Å². The molecule has 1 saturated carbocycles. The molecule has 0 spiro atoms. The molecule has 0 aliphatic heterocycles. The average Bonchev–Trinajstić information content (AvgIpc) is 2.73. The molecule has 2 aromatic heterocycles. The highest BCUT2D eigenvalue weighted by Gasteiger charge is 2.25. The van der Waals surface area contributed by atoms with Gasteiger partial charge in [-0.1, -0.05) is 18.9 Å². The Labute approximate surface area is 173 Å². The Morgan fingerprint density at radius 1 is 1.30 bits per heavy atom. The molecule has 2 unspecified atom stereocenters. The lowest BCUT2D eigenvalue weighted by atomic mass is 9.91. The van der Waals surface area contributed by atoms with Crippen LogP contribution < -0.4 is 26.7 Å². The van der Waals surface area contributed by atoms with Crippen LogP contribution in [0.3, 0.4) is 0 Å². The van der Waals surface area contributed by atoms with Crippen molar-refractivity contribution in [3.8, 4) is 5.75 Å². The summed E-state index contributed by atoms with van der Waals surface area (Å²) in [6, 6.07) is 7.11. The summed E-state index contributed by atoms with van der Waals surface area (Å²) in [6.07, 6.45) is 5.10. The molecular formula is C21H25FN6O2. The molecule has 158 valence electrons. The molecular weight excluding hydrogens is 387 g/mol. The Morgan fingerprint density at radius 3 is 2.93 bits per heavy atom. The van der Waals surface area contributed by atoms with Gasteiger partial charge in [0.2, 0.25) is 0 Å². The minimum atomic E-state index is -0.616. The summed E-state index contributed by atoms with van der Waals surface area (Å²) in [5, 5.41) is 12.6. The van der Waals surface area contributed by atoms with Crippen LogP contribution in [0.25, 0.3) is 10.8 Å². The largest absolute Gasteiger partial charge is 0.494 e. The number of anilines is 3. The van der Waals surface area contributed by atoms with Crippen molar-refractivity contribution in [2.24, 2.45) is 5.73 Å². The predicted molar refractivity (Wildman–Crippen MR) is 115 cm³/mol. The van der Waals surface area contributed by atoms with Gasteiger partial charge >= 0.3 is 0 Å². The molecule has 3 aromatic rings. The average molecular weight is 412 g/mol. The first-order valence-corrected chi connectivity index (χ1v) is 10.2. The van der Waals surface area contributed by atoms with Crippen LogP contribution in [-0.2, 0) is 0 Å². The zero-order chi connectivity index (χ0) is 21.1. The number of pyridine rings is 1. The number of ether oxygens (including phenoxy) is 1. The highest BCUT2D eigenvalue weighted by molar-refractivity contribution is 5.94. The van der Waals surface area contributed by atoms with E-state index in [1.54, 1.807) is 6.07 Å². The van der Waals surface area contributed by atoms with Gasteiger partial charge in [0, 0.05) is 23.8 Å². The number of hydrogen-bond donors (Lipinski definition) is 4. The number of H-pyrrole nitrogens is 1. The second kappa shape index (κ2) is 8.66. The Hall–Kier alpha value is -3.20. The summed E-state index contributed by atoms with van der Waals surface area (Å²) >= 11 is 0.